The van der Waals surface area contributed by atoms with Crippen LogP contribution in [0, 0.1) is 6.92 Å². The van der Waals surface area contributed by atoms with E-state index < -0.39 is 5.97 Å². The lowest BCUT2D eigenvalue weighted by molar-refractivity contribution is 0.0602. The number of nitrogens with two attached hydrogens (primary N) is 1. The summed E-state index contributed by atoms with van der Waals surface area (Å²) in [6.07, 6.45) is 1.52. The minimum atomic E-state index is -0.479. The summed E-state index contributed by atoms with van der Waals surface area (Å²) in [4.78, 5) is 15.7. The molecule has 0 aliphatic carbocycles. The van der Waals surface area contributed by atoms with Crippen molar-refractivity contribution in [2.24, 2.45) is 0 Å². The summed E-state index contributed by atoms with van der Waals surface area (Å²) in [5.41, 5.74) is 8.46. The van der Waals surface area contributed by atoms with Crippen molar-refractivity contribution in [3.05, 3.63) is 47.7 Å². The topological polar surface area (TPSA) is 77.2 Å². The predicted molar refractivity (Wildman–Crippen MR) is 74.5 cm³/mol. The molecule has 3 N–H and O–H groups in total. The van der Waals surface area contributed by atoms with Crippen LogP contribution in [0.25, 0.3) is 0 Å². The molecule has 0 fully saturated rings. The number of nitrogens with one attached hydrogen (secondary N) is 1. The highest BCUT2D eigenvalue weighted by molar-refractivity contribution is 5.97. The number of carbonyl (C=O) groups is 1. The van der Waals surface area contributed by atoms with Crippen LogP contribution >= 0.6 is 0 Å². The number of esters is 1. The molecule has 98 valence electrons. The van der Waals surface area contributed by atoms with Crippen LogP contribution in [0.4, 0.5) is 17.2 Å². The van der Waals surface area contributed by atoms with Crippen LogP contribution in [0.5, 0.6) is 0 Å². The summed E-state index contributed by atoms with van der Waals surface area (Å²) in [5, 5.41) is 3.12. The van der Waals surface area contributed by atoms with Gasteiger partial charge in [-0.1, -0.05) is 18.2 Å². The number of benzene rings is 1. The van der Waals surface area contributed by atoms with Crippen molar-refractivity contribution in [3.8, 4) is 0 Å². The number of nitrogens with zero attached hydrogens (tertiary/aromatic N) is 1. The number of carbonyl (C=O) groups excluding carboxylic acids is 1. The Hall–Kier alpha value is -2.56. The first kappa shape index (κ1) is 12.9. The lowest BCUT2D eigenvalue weighted by Gasteiger charge is -2.12. The van der Waals surface area contributed by atoms with E-state index in [9.17, 15) is 4.79 Å². The summed E-state index contributed by atoms with van der Waals surface area (Å²) >= 11 is 0. The number of rotatable bonds is 3. The summed E-state index contributed by atoms with van der Waals surface area (Å²) in [7, 11) is 1.32. The van der Waals surface area contributed by atoms with E-state index in [1.807, 2.05) is 31.2 Å². The van der Waals surface area contributed by atoms with Crippen molar-refractivity contribution < 1.29 is 9.53 Å². The third kappa shape index (κ3) is 2.65. The maximum absolute atomic E-state index is 11.5. The fourth-order valence-electron chi connectivity index (χ4n) is 1.70. The van der Waals surface area contributed by atoms with E-state index in [2.05, 4.69) is 15.0 Å². The molecule has 2 aromatic rings. The fourth-order valence-corrected chi connectivity index (χ4v) is 1.70. The Morgan fingerprint density at radius 2 is 2.05 bits per heavy atom. The van der Waals surface area contributed by atoms with Gasteiger partial charge in [0.1, 0.15) is 0 Å². The molecule has 0 bridgehead atoms. The molecule has 2 rings (SSSR count). The van der Waals surface area contributed by atoms with Gasteiger partial charge in [0.25, 0.3) is 0 Å². The van der Waals surface area contributed by atoms with Crippen LogP contribution in [0.2, 0.25) is 0 Å². The summed E-state index contributed by atoms with van der Waals surface area (Å²) in [6.45, 7) is 1.97. The molecule has 1 aromatic carbocycles. The molecular formula is C14H15N3O2. The molecule has 0 aliphatic heterocycles. The van der Waals surface area contributed by atoms with E-state index in [4.69, 9.17) is 5.73 Å². The van der Waals surface area contributed by atoms with Gasteiger partial charge < -0.3 is 15.8 Å². The third-order valence-electron chi connectivity index (χ3n) is 2.79. The number of ether oxygens (including phenoxy) is 1. The van der Waals surface area contributed by atoms with Crippen molar-refractivity contribution in [3.63, 3.8) is 0 Å². The lowest BCUT2D eigenvalue weighted by atomic mass is 10.2. The average molecular weight is 257 g/mol. The molecule has 0 radical (unpaired) electrons. The largest absolute Gasteiger partial charge is 0.465 e. The van der Waals surface area contributed by atoms with E-state index in [0.717, 1.165) is 11.3 Å². The Labute approximate surface area is 111 Å². The number of anilines is 3. The first-order chi connectivity index (χ1) is 9.13. The van der Waals surface area contributed by atoms with Gasteiger partial charge >= 0.3 is 5.97 Å². The third-order valence-corrected chi connectivity index (χ3v) is 2.79. The maximum Gasteiger partial charge on any atom is 0.340 e. The second-order valence-corrected chi connectivity index (χ2v) is 4.05. The van der Waals surface area contributed by atoms with Crippen molar-refractivity contribution in [1.82, 2.24) is 4.98 Å². The minimum Gasteiger partial charge on any atom is -0.465 e. The molecule has 1 heterocycles. The summed E-state index contributed by atoms with van der Waals surface area (Å²) < 4.78 is 4.67. The van der Waals surface area contributed by atoms with Crippen LogP contribution in [0.3, 0.4) is 0 Å². The van der Waals surface area contributed by atoms with Crippen LogP contribution in [-0.4, -0.2) is 18.1 Å². The average Bonchev–Trinajstić information content (AvgIpc) is 2.42. The van der Waals surface area contributed by atoms with Gasteiger partial charge in [0.05, 0.1) is 18.4 Å². The van der Waals surface area contributed by atoms with Gasteiger partial charge in [-0.3, -0.25) is 0 Å². The number of aryl methyl sites for hydroxylation is 1. The van der Waals surface area contributed by atoms with Crippen molar-refractivity contribution in [2.75, 3.05) is 18.2 Å². The highest BCUT2D eigenvalue weighted by atomic mass is 16.5. The minimum absolute atomic E-state index is 0.276. The van der Waals surface area contributed by atoms with E-state index in [1.54, 1.807) is 0 Å². The van der Waals surface area contributed by atoms with Crippen LogP contribution in [-0.2, 0) is 4.74 Å². The summed E-state index contributed by atoms with van der Waals surface area (Å²) in [5.74, 6) is -0.0371. The molecular weight excluding hydrogens is 242 g/mol. The molecule has 0 atom stereocenters. The number of pyridine rings is 1. The predicted octanol–water partition coefficient (Wildman–Crippen LogP) is 2.50. The Morgan fingerprint density at radius 3 is 2.74 bits per heavy atom. The van der Waals surface area contributed by atoms with E-state index in [1.165, 1.54) is 19.4 Å². The SMILES string of the molecule is COC(=O)c1ccnc(Nc2ccccc2C)c1N. The quantitative estimate of drug-likeness (QED) is 0.826. The van der Waals surface area contributed by atoms with Crippen LogP contribution < -0.4 is 11.1 Å². The molecule has 0 saturated carbocycles. The first-order valence-electron chi connectivity index (χ1n) is 5.79. The van der Waals surface area contributed by atoms with E-state index in [0.29, 0.717) is 11.4 Å². The molecule has 0 unspecified atom stereocenters. The van der Waals surface area contributed by atoms with E-state index >= 15 is 0 Å². The maximum atomic E-state index is 11.5. The smallest absolute Gasteiger partial charge is 0.340 e. The summed E-state index contributed by atoms with van der Waals surface area (Å²) in [6, 6.07) is 9.28. The number of aromatic nitrogens is 1. The van der Waals surface area contributed by atoms with Gasteiger partial charge in [0.2, 0.25) is 0 Å². The van der Waals surface area contributed by atoms with Gasteiger partial charge in [-0.25, -0.2) is 9.78 Å². The normalized spacial score (nSPS) is 10.0. The fraction of sp³-hybridized carbons (Fsp3) is 0.143. The molecule has 5 heteroatoms. The number of para-hydroxylation sites is 1. The zero-order valence-electron chi connectivity index (χ0n) is 10.8. The highest BCUT2D eigenvalue weighted by Gasteiger charge is 2.14. The molecule has 0 amide bonds. The number of hydrogen-bond acceptors (Lipinski definition) is 5. The Morgan fingerprint density at radius 1 is 1.32 bits per heavy atom. The van der Waals surface area contributed by atoms with Crippen molar-refractivity contribution in [1.29, 1.82) is 0 Å². The van der Waals surface area contributed by atoms with Crippen LogP contribution in [0.1, 0.15) is 15.9 Å². The molecule has 0 aliphatic rings. The number of hydrogen-bond donors (Lipinski definition) is 2. The zero-order valence-corrected chi connectivity index (χ0v) is 10.8. The Kier molecular flexibility index (Phi) is 3.66. The standard InChI is InChI=1S/C14H15N3O2/c1-9-5-3-4-6-11(9)17-13-12(15)10(7-8-16-13)14(18)19-2/h3-8H,15H2,1-2H3,(H,16,17). The first-order valence-corrected chi connectivity index (χ1v) is 5.79. The Bertz CT molecular complexity index is 611. The second-order valence-electron chi connectivity index (χ2n) is 4.05. The van der Waals surface area contributed by atoms with Gasteiger partial charge in [-0.15, -0.1) is 0 Å². The van der Waals surface area contributed by atoms with Crippen molar-refractivity contribution >= 4 is 23.2 Å². The molecule has 5 nitrogen and oxygen atoms in total. The van der Waals surface area contributed by atoms with E-state index in [-0.39, 0.29) is 5.69 Å². The van der Waals surface area contributed by atoms with Gasteiger partial charge in [-0.05, 0) is 24.6 Å². The van der Waals surface area contributed by atoms with Gasteiger partial charge in [-0.2, -0.15) is 0 Å². The van der Waals surface area contributed by atoms with Gasteiger partial charge in [0, 0.05) is 11.9 Å². The second kappa shape index (κ2) is 5.39. The van der Waals surface area contributed by atoms with Crippen molar-refractivity contribution in [2.45, 2.75) is 6.92 Å². The molecule has 1 aromatic heterocycles. The lowest BCUT2D eigenvalue weighted by Crippen LogP contribution is -2.09. The zero-order chi connectivity index (χ0) is 13.8. The molecule has 0 saturated heterocycles. The molecule has 19 heavy (non-hydrogen) atoms. The van der Waals surface area contributed by atoms with Crippen LogP contribution in [0.15, 0.2) is 36.5 Å². The monoisotopic (exact) mass is 257 g/mol. The van der Waals surface area contributed by atoms with Gasteiger partial charge in [0.15, 0.2) is 5.82 Å². The number of nitrogen functional groups attached to an aromatic ring is 1. The molecule has 0 spiro atoms. The highest BCUT2D eigenvalue weighted by Crippen LogP contribution is 2.25. The number of methoxy groups -OCH3 is 1. The Balaban J connectivity index is 2.37.